The number of alkyl halides is 3. The number of carbonyl (C=O) groups excluding carboxylic acids is 1. The van der Waals surface area contributed by atoms with Crippen LogP contribution in [0, 0.1) is 5.92 Å². The fraction of sp³-hybridized carbons (Fsp3) is 0.500. The van der Waals surface area contributed by atoms with Gasteiger partial charge in [-0.25, -0.2) is 0 Å². The lowest BCUT2D eigenvalue weighted by Crippen LogP contribution is -2.38. The molecule has 0 saturated carbocycles. The molecule has 0 aromatic heterocycles. The SMILES string of the molecule is Cl.O=C(NCC1CCCNC1)c1cccc(OC(F)(F)F)c1. The quantitative estimate of drug-likeness (QED) is 0.887. The van der Waals surface area contributed by atoms with Crippen LogP contribution in [0.25, 0.3) is 0 Å². The minimum Gasteiger partial charge on any atom is -0.406 e. The molecule has 4 nitrogen and oxygen atoms in total. The third kappa shape index (κ3) is 6.11. The number of benzene rings is 1. The molecule has 0 aliphatic carbocycles. The second-order valence-corrected chi connectivity index (χ2v) is 5.00. The standard InChI is InChI=1S/C14H17F3N2O2.ClH/c15-14(16,17)21-12-5-1-4-11(7-12)13(20)19-9-10-3-2-6-18-8-10;/h1,4-5,7,10,18H,2-3,6,8-9H2,(H,19,20);1H. The second-order valence-electron chi connectivity index (χ2n) is 5.00. The Morgan fingerprint density at radius 1 is 1.41 bits per heavy atom. The first-order valence-corrected chi connectivity index (χ1v) is 6.79. The lowest BCUT2D eigenvalue weighted by Gasteiger charge is -2.22. The van der Waals surface area contributed by atoms with Crippen molar-refractivity contribution in [3.8, 4) is 5.75 Å². The van der Waals surface area contributed by atoms with Crippen molar-refractivity contribution in [2.45, 2.75) is 19.2 Å². The van der Waals surface area contributed by atoms with Crippen molar-refractivity contribution in [2.75, 3.05) is 19.6 Å². The summed E-state index contributed by atoms with van der Waals surface area (Å²) >= 11 is 0. The highest BCUT2D eigenvalue weighted by molar-refractivity contribution is 5.94. The van der Waals surface area contributed by atoms with Gasteiger partial charge in [0.05, 0.1) is 0 Å². The van der Waals surface area contributed by atoms with E-state index in [4.69, 9.17) is 0 Å². The molecule has 1 atom stereocenters. The normalized spacial score (nSPS) is 18.2. The van der Waals surface area contributed by atoms with Gasteiger partial charge in [0.25, 0.3) is 5.91 Å². The maximum atomic E-state index is 12.1. The summed E-state index contributed by atoms with van der Waals surface area (Å²) in [6, 6.07) is 5.06. The molecule has 1 saturated heterocycles. The van der Waals surface area contributed by atoms with Crippen molar-refractivity contribution in [1.82, 2.24) is 10.6 Å². The summed E-state index contributed by atoms with van der Waals surface area (Å²) in [5, 5.41) is 5.98. The lowest BCUT2D eigenvalue weighted by atomic mass is 9.99. The van der Waals surface area contributed by atoms with Crippen LogP contribution in [0.1, 0.15) is 23.2 Å². The Morgan fingerprint density at radius 3 is 2.82 bits per heavy atom. The van der Waals surface area contributed by atoms with E-state index in [9.17, 15) is 18.0 Å². The van der Waals surface area contributed by atoms with Crippen molar-refractivity contribution in [1.29, 1.82) is 0 Å². The smallest absolute Gasteiger partial charge is 0.406 e. The van der Waals surface area contributed by atoms with Gasteiger partial charge in [0.15, 0.2) is 0 Å². The van der Waals surface area contributed by atoms with Gasteiger partial charge in [0.1, 0.15) is 5.75 Å². The van der Waals surface area contributed by atoms with E-state index in [2.05, 4.69) is 15.4 Å². The van der Waals surface area contributed by atoms with Crippen molar-refractivity contribution in [3.05, 3.63) is 29.8 Å². The monoisotopic (exact) mass is 338 g/mol. The lowest BCUT2D eigenvalue weighted by molar-refractivity contribution is -0.274. The fourth-order valence-electron chi connectivity index (χ4n) is 2.27. The molecule has 0 radical (unpaired) electrons. The highest BCUT2D eigenvalue weighted by Crippen LogP contribution is 2.23. The van der Waals surface area contributed by atoms with E-state index in [0.29, 0.717) is 12.5 Å². The molecule has 2 rings (SSSR count). The van der Waals surface area contributed by atoms with Crippen molar-refractivity contribution < 1.29 is 22.7 Å². The molecule has 1 fully saturated rings. The Balaban J connectivity index is 0.00000242. The van der Waals surface area contributed by atoms with Crippen LogP contribution in [-0.2, 0) is 0 Å². The Kier molecular flexibility index (Phi) is 6.96. The average Bonchev–Trinajstić information content (AvgIpc) is 2.44. The molecular weight excluding hydrogens is 321 g/mol. The van der Waals surface area contributed by atoms with E-state index in [1.807, 2.05) is 0 Å². The molecule has 8 heteroatoms. The zero-order chi connectivity index (χ0) is 15.3. The first-order valence-electron chi connectivity index (χ1n) is 6.79. The van der Waals surface area contributed by atoms with Crippen molar-refractivity contribution in [2.24, 2.45) is 5.92 Å². The first kappa shape index (κ1) is 18.6. The molecule has 0 bridgehead atoms. The van der Waals surface area contributed by atoms with Crippen LogP contribution in [-0.4, -0.2) is 31.9 Å². The predicted molar refractivity (Wildman–Crippen MR) is 78.3 cm³/mol. The van der Waals surface area contributed by atoms with E-state index in [0.717, 1.165) is 38.1 Å². The zero-order valence-electron chi connectivity index (χ0n) is 11.8. The second kappa shape index (κ2) is 8.24. The van der Waals surface area contributed by atoms with Crippen LogP contribution in [0.15, 0.2) is 24.3 Å². The minimum absolute atomic E-state index is 0. The van der Waals surface area contributed by atoms with Crippen LogP contribution in [0.4, 0.5) is 13.2 Å². The number of hydrogen-bond donors (Lipinski definition) is 2. The van der Waals surface area contributed by atoms with E-state index in [1.165, 1.54) is 12.1 Å². The molecule has 1 aromatic carbocycles. The number of nitrogens with one attached hydrogen (secondary N) is 2. The van der Waals surface area contributed by atoms with Gasteiger partial charge >= 0.3 is 6.36 Å². The molecule has 0 spiro atoms. The number of rotatable bonds is 4. The Hall–Kier alpha value is -1.47. The summed E-state index contributed by atoms with van der Waals surface area (Å²) in [5.41, 5.74) is 0.153. The topological polar surface area (TPSA) is 50.4 Å². The van der Waals surface area contributed by atoms with Gasteiger partial charge in [0.2, 0.25) is 0 Å². The Morgan fingerprint density at radius 2 is 2.18 bits per heavy atom. The van der Waals surface area contributed by atoms with Gasteiger partial charge < -0.3 is 15.4 Å². The zero-order valence-corrected chi connectivity index (χ0v) is 12.6. The van der Waals surface area contributed by atoms with Crippen LogP contribution >= 0.6 is 12.4 Å². The van der Waals surface area contributed by atoms with E-state index in [1.54, 1.807) is 0 Å². The van der Waals surface area contributed by atoms with E-state index >= 15 is 0 Å². The maximum Gasteiger partial charge on any atom is 0.573 e. The highest BCUT2D eigenvalue weighted by atomic mass is 35.5. The molecule has 124 valence electrons. The van der Waals surface area contributed by atoms with Crippen molar-refractivity contribution >= 4 is 18.3 Å². The molecule has 2 N–H and O–H groups in total. The maximum absolute atomic E-state index is 12.1. The van der Waals surface area contributed by atoms with Gasteiger partial charge in [-0.15, -0.1) is 25.6 Å². The molecule has 1 aliphatic rings. The van der Waals surface area contributed by atoms with Crippen molar-refractivity contribution in [3.63, 3.8) is 0 Å². The van der Waals surface area contributed by atoms with Gasteiger partial charge in [-0.3, -0.25) is 4.79 Å². The molecular formula is C14H18ClF3N2O2. The largest absolute Gasteiger partial charge is 0.573 e. The number of carbonyl (C=O) groups is 1. The number of piperidine rings is 1. The number of ether oxygens (including phenoxy) is 1. The summed E-state index contributed by atoms with van der Waals surface area (Å²) in [7, 11) is 0. The predicted octanol–water partition coefficient (Wildman–Crippen LogP) is 2.74. The number of hydrogen-bond acceptors (Lipinski definition) is 3. The molecule has 1 aliphatic heterocycles. The van der Waals surface area contributed by atoms with Crippen LogP contribution in [0.2, 0.25) is 0 Å². The summed E-state index contributed by atoms with van der Waals surface area (Å²) in [6.45, 7) is 2.34. The summed E-state index contributed by atoms with van der Waals surface area (Å²) in [6.07, 6.45) is -2.66. The number of amides is 1. The Bertz CT molecular complexity index is 491. The third-order valence-electron chi connectivity index (χ3n) is 3.28. The van der Waals surface area contributed by atoms with Crippen LogP contribution in [0.5, 0.6) is 5.75 Å². The summed E-state index contributed by atoms with van der Waals surface area (Å²) in [4.78, 5) is 11.9. The average molecular weight is 339 g/mol. The highest BCUT2D eigenvalue weighted by Gasteiger charge is 2.31. The van der Waals surface area contributed by atoms with Gasteiger partial charge in [0, 0.05) is 12.1 Å². The van der Waals surface area contributed by atoms with Crippen LogP contribution in [0.3, 0.4) is 0 Å². The summed E-state index contributed by atoms with van der Waals surface area (Å²) in [5.74, 6) is -0.431. The molecule has 1 aromatic rings. The molecule has 1 amide bonds. The molecule has 22 heavy (non-hydrogen) atoms. The van der Waals surface area contributed by atoms with E-state index < -0.39 is 18.0 Å². The fourth-order valence-corrected chi connectivity index (χ4v) is 2.27. The first-order chi connectivity index (χ1) is 9.94. The third-order valence-corrected chi connectivity index (χ3v) is 3.28. The van der Waals surface area contributed by atoms with Crippen LogP contribution < -0.4 is 15.4 Å². The van der Waals surface area contributed by atoms with Gasteiger partial charge in [-0.1, -0.05) is 6.07 Å². The minimum atomic E-state index is -4.76. The molecule has 1 unspecified atom stereocenters. The summed E-state index contributed by atoms with van der Waals surface area (Å²) < 4.78 is 40.2. The van der Waals surface area contributed by atoms with E-state index in [-0.39, 0.29) is 18.0 Å². The molecule has 1 heterocycles. The van der Waals surface area contributed by atoms with Gasteiger partial charge in [-0.2, -0.15) is 0 Å². The Labute approximate surface area is 132 Å². The number of halogens is 4. The van der Waals surface area contributed by atoms with Gasteiger partial charge in [-0.05, 0) is 50.0 Å².